The molecule has 6 heteroatoms. The van der Waals surface area contributed by atoms with Crippen LogP contribution in [0, 0.1) is 11.2 Å². The van der Waals surface area contributed by atoms with Gasteiger partial charge in [0.25, 0.3) is 0 Å². The van der Waals surface area contributed by atoms with Gasteiger partial charge in [0.1, 0.15) is 5.82 Å². The van der Waals surface area contributed by atoms with E-state index in [2.05, 4.69) is 0 Å². The second-order valence-electron chi connectivity index (χ2n) is 6.34. The highest BCUT2D eigenvalue weighted by atomic mass is 19.1. The highest BCUT2D eigenvalue weighted by Gasteiger charge is 2.43. The van der Waals surface area contributed by atoms with Gasteiger partial charge in [-0.15, -0.1) is 0 Å². The number of nitrogens with zero attached hydrogens (tertiary/aromatic N) is 1. The minimum Gasteiger partial charge on any atom is -0.481 e. The number of rotatable bonds is 7. The lowest BCUT2D eigenvalue weighted by atomic mass is 9.77. The molecule has 1 aromatic rings. The number of piperidine rings is 1. The zero-order chi connectivity index (χ0) is 17.6. The van der Waals surface area contributed by atoms with Crippen LogP contribution >= 0.6 is 0 Å². The van der Waals surface area contributed by atoms with Crippen LogP contribution in [0.1, 0.15) is 31.2 Å². The van der Waals surface area contributed by atoms with Crippen LogP contribution in [0.25, 0.3) is 0 Å². The standard InChI is InChI=1S/C18H24FNO4/c1-24-12-10-18(17(22)23)9-4-11-20(13-18)16(21)8-7-14-5-2-3-6-15(14)19/h2-3,5-6H,4,7-13H2,1H3,(H,22,23)/t18-/m0/s1. The van der Waals surface area contributed by atoms with Crippen molar-refractivity contribution in [1.29, 1.82) is 0 Å². The van der Waals surface area contributed by atoms with Gasteiger partial charge in [-0.1, -0.05) is 18.2 Å². The van der Waals surface area contributed by atoms with Gasteiger partial charge in [0.05, 0.1) is 5.41 Å². The number of hydrogen-bond acceptors (Lipinski definition) is 3. The van der Waals surface area contributed by atoms with Crippen LogP contribution in [-0.2, 0) is 20.7 Å². The summed E-state index contributed by atoms with van der Waals surface area (Å²) in [5.41, 5.74) is -0.436. The summed E-state index contributed by atoms with van der Waals surface area (Å²) in [5, 5.41) is 9.62. The number of methoxy groups -OCH3 is 1. The summed E-state index contributed by atoms with van der Waals surface area (Å²) in [5.74, 6) is -1.32. The largest absolute Gasteiger partial charge is 0.481 e. The molecule has 0 spiro atoms. The Labute approximate surface area is 141 Å². The lowest BCUT2D eigenvalue weighted by Gasteiger charge is -2.40. The molecule has 1 aromatic carbocycles. The Bertz CT molecular complexity index is 592. The van der Waals surface area contributed by atoms with Gasteiger partial charge >= 0.3 is 5.97 Å². The van der Waals surface area contributed by atoms with E-state index in [-0.39, 0.29) is 24.7 Å². The molecular weight excluding hydrogens is 313 g/mol. The van der Waals surface area contributed by atoms with Crippen LogP contribution in [0.3, 0.4) is 0 Å². The molecule has 1 aliphatic heterocycles. The van der Waals surface area contributed by atoms with Gasteiger partial charge in [0.2, 0.25) is 5.91 Å². The van der Waals surface area contributed by atoms with Gasteiger partial charge in [-0.2, -0.15) is 0 Å². The lowest BCUT2D eigenvalue weighted by Crippen LogP contribution is -2.50. The van der Waals surface area contributed by atoms with E-state index < -0.39 is 11.4 Å². The van der Waals surface area contributed by atoms with Gasteiger partial charge in [-0.25, -0.2) is 4.39 Å². The average Bonchev–Trinajstić information content (AvgIpc) is 2.59. The fourth-order valence-corrected chi connectivity index (χ4v) is 3.23. The minimum atomic E-state index is -0.943. The number of halogens is 1. The third-order valence-corrected chi connectivity index (χ3v) is 4.73. The molecule has 1 atom stereocenters. The maximum absolute atomic E-state index is 13.6. The predicted molar refractivity (Wildman–Crippen MR) is 87.1 cm³/mol. The summed E-state index contributed by atoms with van der Waals surface area (Å²) in [4.78, 5) is 25.8. The zero-order valence-corrected chi connectivity index (χ0v) is 14.0. The van der Waals surface area contributed by atoms with Crippen LogP contribution in [-0.4, -0.2) is 48.7 Å². The van der Waals surface area contributed by atoms with Crippen LogP contribution in [0.5, 0.6) is 0 Å². The van der Waals surface area contributed by atoms with Crippen LogP contribution in [0.2, 0.25) is 0 Å². The van der Waals surface area contributed by atoms with Crippen molar-refractivity contribution < 1.29 is 23.8 Å². The monoisotopic (exact) mass is 337 g/mol. The number of carbonyl (C=O) groups is 2. The van der Waals surface area contributed by atoms with E-state index in [4.69, 9.17) is 4.74 Å². The van der Waals surface area contributed by atoms with Crippen molar-refractivity contribution in [2.24, 2.45) is 5.41 Å². The Kier molecular flexibility index (Phi) is 6.31. The van der Waals surface area contributed by atoms with Gasteiger partial charge in [-0.05, 0) is 37.3 Å². The molecule has 1 heterocycles. The topological polar surface area (TPSA) is 66.8 Å². The normalized spacial score (nSPS) is 20.8. The molecule has 1 amide bonds. The maximum Gasteiger partial charge on any atom is 0.311 e. The number of amides is 1. The third-order valence-electron chi connectivity index (χ3n) is 4.73. The van der Waals surface area contributed by atoms with Gasteiger partial charge in [0, 0.05) is 33.2 Å². The van der Waals surface area contributed by atoms with Crippen molar-refractivity contribution in [3.05, 3.63) is 35.6 Å². The maximum atomic E-state index is 13.6. The van der Waals surface area contributed by atoms with Crippen molar-refractivity contribution in [3.8, 4) is 0 Å². The molecule has 0 radical (unpaired) electrons. The van der Waals surface area contributed by atoms with Crippen molar-refractivity contribution >= 4 is 11.9 Å². The first-order valence-corrected chi connectivity index (χ1v) is 8.22. The highest BCUT2D eigenvalue weighted by molar-refractivity contribution is 5.80. The van der Waals surface area contributed by atoms with E-state index in [1.54, 1.807) is 23.1 Å². The molecule has 1 N–H and O–H groups in total. The van der Waals surface area contributed by atoms with Gasteiger partial charge < -0.3 is 14.7 Å². The van der Waals surface area contributed by atoms with E-state index in [9.17, 15) is 19.1 Å². The van der Waals surface area contributed by atoms with Crippen molar-refractivity contribution in [2.75, 3.05) is 26.8 Å². The van der Waals surface area contributed by atoms with E-state index in [0.29, 0.717) is 44.4 Å². The van der Waals surface area contributed by atoms with Crippen LogP contribution in [0.4, 0.5) is 4.39 Å². The Hall–Kier alpha value is -1.95. The quantitative estimate of drug-likeness (QED) is 0.830. The summed E-state index contributed by atoms with van der Waals surface area (Å²) < 4.78 is 18.7. The number of ether oxygens (including phenoxy) is 1. The van der Waals surface area contributed by atoms with E-state index in [1.165, 1.54) is 13.2 Å². The number of benzene rings is 1. The second-order valence-corrected chi connectivity index (χ2v) is 6.34. The Balaban J connectivity index is 1.98. The number of carboxylic acids is 1. The first-order valence-electron chi connectivity index (χ1n) is 8.22. The molecule has 2 rings (SSSR count). The number of hydrogen-bond donors (Lipinski definition) is 1. The minimum absolute atomic E-state index is 0.124. The van der Waals surface area contributed by atoms with E-state index in [1.807, 2.05) is 0 Å². The number of likely N-dealkylation sites (tertiary alicyclic amines) is 1. The molecule has 5 nitrogen and oxygen atoms in total. The molecular formula is C18H24FNO4. The van der Waals surface area contributed by atoms with Crippen molar-refractivity contribution in [1.82, 2.24) is 4.90 Å². The molecule has 1 saturated heterocycles. The summed E-state index contributed by atoms with van der Waals surface area (Å²) in [6.45, 7) is 1.10. The molecule has 0 saturated carbocycles. The molecule has 0 bridgehead atoms. The second kappa shape index (κ2) is 8.24. The first kappa shape index (κ1) is 18.4. The highest BCUT2D eigenvalue weighted by Crippen LogP contribution is 2.34. The molecule has 1 fully saturated rings. The number of carboxylic acid groups (broad SMARTS) is 1. The van der Waals surface area contributed by atoms with Crippen LogP contribution < -0.4 is 0 Å². The predicted octanol–water partition coefficient (Wildman–Crippen LogP) is 2.49. The van der Waals surface area contributed by atoms with E-state index in [0.717, 1.165) is 0 Å². The van der Waals surface area contributed by atoms with Crippen molar-refractivity contribution in [2.45, 2.75) is 32.1 Å². The Morgan fingerprint density at radius 1 is 1.38 bits per heavy atom. The smallest absolute Gasteiger partial charge is 0.311 e. The molecule has 0 aromatic heterocycles. The Morgan fingerprint density at radius 3 is 2.79 bits per heavy atom. The summed E-state index contributed by atoms with van der Waals surface area (Å²) >= 11 is 0. The zero-order valence-electron chi connectivity index (χ0n) is 14.0. The molecule has 0 aliphatic carbocycles. The SMILES string of the molecule is COCC[C@@]1(C(=O)O)CCCN(C(=O)CCc2ccccc2F)C1. The molecule has 132 valence electrons. The number of carbonyl (C=O) groups excluding carboxylic acids is 1. The molecule has 0 unspecified atom stereocenters. The fourth-order valence-electron chi connectivity index (χ4n) is 3.23. The van der Waals surface area contributed by atoms with Crippen molar-refractivity contribution in [3.63, 3.8) is 0 Å². The Morgan fingerprint density at radius 2 is 2.12 bits per heavy atom. The lowest BCUT2D eigenvalue weighted by molar-refractivity contribution is -0.156. The first-order chi connectivity index (χ1) is 11.5. The molecule has 24 heavy (non-hydrogen) atoms. The average molecular weight is 337 g/mol. The van der Waals surface area contributed by atoms with E-state index >= 15 is 0 Å². The summed E-state index contributed by atoms with van der Waals surface area (Å²) in [7, 11) is 1.54. The van der Waals surface area contributed by atoms with Gasteiger partial charge in [0.15, 0.2) is 0 Å². The van der Waals surface area contributed by atoms with Crippen LogP contribution in [0.15, 0.2) is 24.3 Å². The molecule has 1 aliphatic rings. The third kappa shape index (κ3) is 4.32. The van der Waals surface area contributed by atoms with Gasteiger partial charge in [-0.3, -0.25) is 9.59 Å². The number of aryl methyl sites for hydroxylation is 1. The fraction of sp³-hybridized carbons (Fsp3) is 0.556. The summed E-state index contributed by atoms with van der Waals surface area (Å²) in [6.07, 6.45) is 2.08. The number of aliphatic carboxylic acids is 1. The summed E-state index contributed by atoms with van der Waals surface area (Å²) in [6, 6.07) is 6.39.